The fraction of sp³-hybridized carbons (Fsp3) is 0.190. The number of rotatable bonds is 6. The number of allylic oxidation sites excluding steroid dienone is 2. The van der Waals surface area contributed by atoms with Crippen molar-refractivity contribution in [1.82, 2.24) is 29.5 Å². The fourth-order valence-electron chi connectivity index (χ4n) is 2.41. The maximum absolute atomic E-state index is 8.64. The van der Waals surface area contributed by atoms with Gasteiger partial charge in [0.2, 0.25) is 0 Å². The van der Waals surface area contributed by atoms with Gasteiger partial charge in [0, 0.05) is 31.4 Å². The molecule has 4 aromatic heterocycles. The minimum absolute atomic E-state index is 0. The third-order valence-corrected chi connectivity index (χ3v) is 6.56. The van der Waals surface area contributed by atoms with Crippen molar-refractivity contribution in [2.45, 2.75) is 19.4 Å². The summed E-state index contributed by atoms with van der Waals surface area (Å²) < 4.78 is 4.20. The van der Waals surface area contributed by atoms with Crippen molar-refractivity contribution in [2.24, 2.45) is 0 Å². The molecule has 0 spiro atoms. The molecule has 0 saturated carbocycles. The maximum atomic E-state index is 8.64. The van der Waals surface area contributed by atoms with Crippen LogP contribution in [-0.4, -0.2) is 41.3 Å². The molecule has 190 valence electrons. The van der Waals surface area contributed by atoms with Gasteiger partial charge in [0.15, 0.2) is 0 Å². The van der Waals surface area contributed by atoms with Crippen LogP contribution < -0.4 is 108 Å². The number of hydrogen-bond acceptors (Lipinski definition) is 7. The summed E-state index contributed by atoms with van der Waals surface area (Å²) in [6.07, 6.45) is 12.6. The van der Waals surface area contributed by atoms with Crippen LogP contribution in [0.4, 0.5) is 0 Å². The van der Waals surface area contributed by atoms with Crippen LogP contribution in [0.5, 0.6) is 0 Å². The molecule has 9 nitrogen and oxygen atoms in total. The van der Waals surface area contributed by atoms with Gasteiger partial charge >= 0.3 is 103 Å². The SMILES string of the molecule is C=CCCBr.C=CCCn1cc(I)c2c(Cl)ncnc21.Clc1ncnc2[nH]cc(I)c12.O=CO[O-].[H-].[K+].[K+]. The molecule has 0 radical (unpaired) electrons. The number of hydrogen-bond donors (Lipinski definition) is 1. The van der Waals surface area contributed by atoms with Crippen molar-refractivity contribution in [3.05, 3.63) is 67.8 Å². The largest absolute Gasteiger partial charge is 1.00 e. The predicted molar refractivity (Wildman–Crippen MR) is 159 cm³/mol. The quantitative estimate of drug-likeness (QED) is 0.0423. The van der Waals surface area contributed by atoms with Gasteiger partial charge in [-0.3, -0.25) is 4.79 Å². The summed E-state index contributed by atoms with van der Waals surface area (Å²) in [6.45, 7) is 7.92. The molecule has 0 amide bonds. The van der Waals surface area contributed by atoms with Crippen LogP contribution >= 0.6 is 84.3 Å². The van der Waals surface area contributed by atoms with Crippen molar-refractivity contribution < 1.29 is 119 Å². The predicted octanol–water partition coefficient (Wildman–Crippen LogP) is -0.00610. The Labute approximate surface area is 347 Å². The number of nitrogens with one attached hydrogen (secondary N) is 1. The summed E-state index contributed by atoms with van der Waals surface area (Å²) in [5, 5.41) is 12.3. The molecule has 0 aliphatic rings. The molecule has 0 aromatic carbocycles. The first-order chi connectivity index (χ1) is 16.9. The molecular weight excluding hydrogens is 867 g/mol. The third kappa shape index (κ3) is 14.6. The van der Waals surface area contributed by atoms with E-state index >= 15 is 0 Å². The van der Waals surface area contributed by atoms with Gasteiger partial charge in [0.1, 0.15) is 34.3 Å². The summed E-state index contributed by atoms with van der Waals surface area (Å²) in [4.78, 5) is 30.3. The monoisotopic (exact) mass is 886 g/mol. The number of aromatic amines is 1. The molecular formula is C21H21BrCl2I2K2N6O3. The fourth-order valence-corrected chi connectivity index (χ4v) is 5.02. The number of aromatic nitrogens is 6. The first kappa shape index (κ1) is 41.1. The second-order valence-corrected chi connectivity index (χ2v) is 9.93. The van der Waals surface area contributed by atoms with E-state index in [1.807, 2.05) is 24.5 Å². The van der Waals surface area contributed by atoms with Crippen molar-refractivity contribution in [1.29, 1.82) is 0 Å². The number of aryl methyl sites for hydroxylation is 1. The van der Waals surface area contributed by atoms with Gasteiger partial charge < -0.3 is 21.1 Å². The standard InChI is InChI=1S/C10H9ClIN3.C6H3ClIN3.C4H7Br.CH2O3.2K.H/c1-2-3-4-15-5-7(12)8-9(11)13-6-14-10(8)15;7-5-4-3(8)1-9-6(4)11-2-10-5;1-2-3-4-5;2-1-4-3;;;/h2,5-6H,1,3-4H2;1-2H,(H,9,10,11);2H,1,3-4H2;1,3H;;;/q;;;;2*+1;-1/p-1. The van der Waals surface area contributed by atoms with Crippen LogP contribution in [-0.2, 0) is 16.2 Å². The number of carbonyl (C=O) groups excluding carboxylic acids is 1. The minimum Gasteiger partial charge on any atom is -1.00 e. The topological polar surface area (TPSA) is 122 Å². The summed E-state index contributed by atoms with van der Waals surface area (Å²) in [6, 6.07) is 0. The van der Waals surface area contributed by atoms with E-state index in [1.54, 1.807) is 0 Å². The summed E-state index contributed by atoms with van der Waals surface area (Å²) in [7, 11) is 0. The Morgan fingerprint density at radius 1 is 1.05 bits per heavy atom. The number of fused-ring (bicyclic) bond motifs is 2. The second kappa shape index (κ2) is 24.5. The number of nitrogens with zero attached hydrogens (tertiary/aromatic N) is 5. The first-order valence-corrected chi connectivity index (χ1v) is 13.7. The minimum atomic E-state index is -0.181. The van der Waals surface area contributed by atoms with E-state index in [2.05, 4.69) is 109 Å². The number of alkyl halides is 1. The average Bonchev–Trinajstić information content (AvgIpc) is 3.40. The van der Waals surface area contributed by atoms with E-state index in [-0.39, 0.29) is 111 Å². The average molecular weight is 888 g/mol. The van der Waals surface area contributed by atoms with E-state index in [1.165, 1.54) is 12.7 Å². The molecule has 4 rings (SSSR count). The van der Waals surface area contributed by atoms with Crippen LogP contribution in [0.15, 0.2) is 50.4 Å². The Kier molecular flexibility index (Phi) is 27.2. The van der Waals surface area contributed by atoms with E-state index in [0.717, 1.165) is 53.9 Å². The van der Waals surface area contributed by atoms with E-state index in [0.29, 0.717) is 10.3 Å². The van der Waals surface area contributed by atoms with E-state index in [4.69, 9.17) is 33.3 Å². The van der Waals surface area contributed by atoms with Crippen molar-refractivity contribution in [3.63, 3.8) is 0 Å². The summed E-state index contributed by atoms with van der Waals surface area (Å²) in [5.41, 5.74) is 1.68. The second-order valence-electron chi connectivity index (χ2n) is 6.09. The number of H-pyrrole nitrogens is 1. The van der Waals surface area contributed by atoms with Gasteiger partial charge in [-0.25, -0.2) is 19.9 Å². The molecule has 0 fully saturated rings. The summed E-state index contributed by atoms with van der Waals surface area (Å²) in [5.74, 6) is 0. The summed E-state index contributed by atoms with van der Waals surface area (Å²) >= 11 is 19.5. The Hall–Kier alpha value is 1.94. The van der Waals surface area contributed by atoms with Crippen LogP contribution in [0, 0.1) is 7.14 Å². The van der Waals surface area contributed by atoms with Gasteiger partial charge in [-0.1, -0.05) is 51.3 Å². The van der Waals surface area contributed by atoms with Crippen LogP contribution in [0.2, 0.25) is 10.3 Å². The van der Waals surface area contributed by atoms with Crippen LogP contribution in [0.3, 0.4) is 0 Å². The van der Waals surface area contributed by atoms with Crippen LogP contribution in [0.25, 0.3) is 22.1 Å². The third-order valence-electron chi connectivity index (χ3n) is 3.86. The number of halogens is 5. The zero-order valence-corrected chi connectivity index (χ0v) is 33.8. The van der Waals surface area contributed by atoms with Crippen molar-refractivity contribution in [2.75, 3.05) is 5.33 Å². The van der Waals surface area contributed by atoms with Gasteiger partial charge in [0.25, 0.3) is 6.47 Å². The van der Waals surface area contributed by atoms with Crippen molar-refractivity contribution >= 4 is 113 Å². The molecule has 0 aliphatic carbocycles. The first-order valence-electron chi connectivity index (χ1n) is 9.64. The molecule has 0 unspecified atom stereocenters. The van der Waals surface area contributed by atoms with Crippen molar-refractivity contribution in [3.8, 4) is 0 Å². The molecule has 0 bridgehead atoms. The number of carbonyl (C=O) groups is 1. The molecule has 4 heterocycles. The molecule has 4 aromatic rings. The Bertz CT molecular complexity index is 1260. The zero-order chi connectivity index (χ0) is 26.2. The van der Waals surface area contributed by atoms with Crippen LogP contribution in [0.1, 0.15) is 14.3 Å². The molecule has 37 heavy (non-hydrogen) atoms. The van der Waals surface area contributed by atoms with Gasteiger partial charge in [-0.05, 0) is 58.0 Å². The zero-order valence-electron chi connectivity index (χ0n) is 21.1. The van der Waals surface area contributed by atoms with Gasteiger partial charge in [-0.2, -0.15) is 0 Å². The molecule has 1 N–H and O–H groups in total. The molecule has 16 heteroatoms. The van der Waals surface area contributed by atoms with E-state index in [9.17, 15) is 0 Å². The smallest absolute Gasteiger partial charge is 1.00 e. The Balaban J connectivity index is -0.000000472. The Morgan fingerprint density at radius 3 is 2.11 bits per heavy atom. The Morgan fingerprint density at radius 2 is 1.62 bits per heavy atom. The van der Waals surface area contributed by atoms with Gasteiger partial charge in [-0.15, -0.1) is 13.2 Å². The molecule has 0 atom stereocenters. The normalized spacial score (nSPS) is 9.14. The molecule has 0 aliphatic heterocycles. The van der Waals surface area contributed by atoms with Gasteiger partial charge in [0.05, 0.1) is 10.8 Å². The van der Waals surface area contributed by atoms with E-state index < -0.39 is 0 Å². The molecule has 0 saturated heterocycles. The maximum Gasteiger partial charge on any atom is 1.00 e.